The van der Waals surface area contributed by atoms with Crippen LogP contribution in [0.3, 0.4) is 0 Å². The minimum absolute atomic E-state index is 0.787. The lowest BCUT2D eigenvalue weighted by atomic mass is 10.2. The summed E-state index contributed by atoms with van der Waals surface area (Å²) < 4.78 is 5.45. The lowest BCUT2D eigenvalue weighted by Crippen LogP contribution is -2.17. The average Bonchev–Trinajstić information content (AvgIpc) is 2.92. The summed E-state index contributed by atoms with van der Waals surface area (Å²) >= 11 is 1.80. The Morgan fingerprint density at radius 1 is 1.35 bits per heavy atom. The highest BCUT2D eigenvalue weighted by Gasteiger charge is 2.08. The van der Waals surface area contributed by atoms with Crippen LogP contribution >= 0.6 is 11.3 Å². The third-order valence-corrected chi connectivity index (χ3v) is 3.48. The van der Waals surface area contributed by atoms with E-state index in [1.165, 1.54) is 10.4 Å². The van der Waals surface area contributed by atoms with E-state index in [-0.39, 0.29) is 0 Å². The summed E-state index contributed by atoms with van der Waals surface area (Å²) in [5.74, 6) is 1.03. The predicted molar refractivity (Wildman–Crippen MR) is 71.0 cm³/mol. The van der Waals surface area contributed by atoms with Gasteiger partial charge in [0.05, 0.1) is 12.8 Å². The van der Waals surface area contributed by atoms with E-state index in [4.69, 9.17) is 4.42 Å². The second kappa shape index (κ2) is 6.00. The van der Waals surface area contributed by atoms with E-state index >= 15 is 0 Å². The SMILES string of the molecule is CNCc1occc1CN(C)Cc1cccs1. The lowest BCUT2D eigenvalue weighted by Gasteiger charge is -2.15. The minimum atomic E-state index is 0.787. The number of nitrogens with one attached hydrogen (secondary N) is 1. The third-order valence-electron chi connectivity index (χ3n) is 2.62. The first-order chi connectivity index (χ1) is 8.29. The van der Waals surface area contributed by atoms with Gasteiger partial charge in [-0.15, -0.1) is 11.3 Å². The highest BCUT2D eigenvalue weighted by atomic mass is 32.1. The van der Waals surface area contributed by atoms with Crippen molar-refractivity contribution in [1.29, 1.82) is 0 Å². The number of furan rings is 1. The van der Waals surface area contributed by atoms with Crippen LogP contribution in [0, 0.1) is 0 Å². The van der Waals surface area contributed by atoms with Crippen LogP contribution < -0.4 is 5.32 Å². The molecule has 0 amide bonds. The molecule has 4 heteroatoms. The smallest absolute Gasteiger partial charge is 0.122 e. The standard InChI is InChI=1S/C13H18N2OS/c1-14-8-13-11(5-6-16-13)9-15(2)10-12-4-3-7-17-12/h3-7,14H,8-10H2,1-2H3. The molecular formula is C13H18N2OS. The fourth-order valence-electron chi connectivity index (χ4n) is 1.84. The third kappa shape index (κ3) is 3.43. The molecule has 1 N–H and O–H groups in total. The molecule has 0 aliphatic rings. The first kappa shape index (κ1) is 12.4. The van der Waals surface area contributed by atoms with E-state index < -0.39 is 0 Å². The maximum atomic E-state index is 5.45. The Kier molecular flexibility index (Phi) is 4.36. The van der Waals surface area contributed by atoms with Gasteiger partial charge in [0.1, 0.15) is 5.76 Å². The van der Waals surface area contributed by atoms with Crippen molar-refractivity contribution in [2.75, 3.05) is 14.1 Å². The van der Waals surface area contributed by atoms with Crippen molar-refractivity contribution in [3.63, 3.8) is 0 Å². The Bertz CT molecular complexity index is 436. The molecule has 17 heavy (non-hydrogen) atoms. The molecule has 2 aromatic heterocycles. The Hall–Kier alpha value is -1.10. The molecule has 0 saturated heterocycles. The molecule has 2 heterocycles. The Labute approximate surface area is 106 Å². The van der Waals surface area contributed by atoms with Crippen LogP contribution in [0.15, 0.2) is 34.3 Å². The number of nitrogens with zero attached hydrogens (tertiary/aromatic N) is 1. The van der Waals surface area contributed by atoms with Crippen LogP contribution in [0.1, 0.15) is 16.2 Å². The normalized spacial score (nSPS) is 11.2. The van der Waals surface area contributed by atoms with Gasteiger partial charge in [-0.2, -0.15) is 0 Å². The summed E-state index contributed by atoms with van der Waals surface area (Å²) in [5, 5.41) is 5.24. The first-order valence-corrected chi connectivity index (χ1v) is 6.58. The number of rotatable bonds is 6. The van der Waals surface area contributed by atoms with Gasteiger partial charge in [0.25, 0.3) is 0 Å². The second-order valence-corrected chi connectivity index (χ2v) is 5.18. The van der Waals surface area contributed by atoms with Crippen molar-refractivity contribution in [3.05, 3.63) is 46.0 Å². The van der Waals surface area contributed by atoms with Crippen LogP contribution in [0.5, 0.6) is 0 Å². The van der Waals surface area contributed by atoms with Crippen LogP contribution in [0.25, 0.3) is 0 Å². The molecule has 0 aliphatic carbocycles. The molecule has 0 aliphatic heterocycles. The number of hydrogen-bond acceptors (Lipinski definition) is 4. The van der Waals surface area contributed by atoms with Crippen molar-refractivity contribution in [2.24, 2.45) is 0 Å². The Balaban J connectivity index is 1.93. The summed E-state index contributed by atoms with van der Waals surface area (Å²) in [4.78, 5) is 3.70. The van der Waals surface area contributed by atoms with Crippen molar-refractivity contribution in [3.8, 4) is 0 Å². The van der Waals surface area contributed by atoms with Gasteiger partial charge in [-0.05, 0) is 31.6 Å². The quantitative estimate of drug-likeness (QED) is 0.854. The largest absolute Gasteiger partial charge is 0.468 e. The first-order valence-electron chi connectivity index (χ1n) is 5.70. The van der Waals surface area contributed by atoms with E-state index in [2.05, 4.69) is 40.8 Å². The fraction of sp³-hybridized carbons (Fsp3) is 0.385. The fourth-order valence-corrected chi connectivity index (χ4v) is 2.62. The van der Waals surface area contributed by atoms with Gasteiger partial charge in [0.15, 0.2) is 0 Å². The van der Waals surface area contributed by atoms with Crippen molar-refractivity contribution >= 4 is 11.3 Å². The van der Waals surface area contributed by atoms with Crippen molar-refractivity contribution in [2.45, 2.75) is 19.6 Å². The molecule has 2 aromatic rings. The highest BCUT2D eigenvalue weighted by molar-refractivity contribution is 7.09. The molecule has 0 aromatic carbocycles. The van der Waals surface area contributed by atoms with Gasteiger partial charge in [-0.1, -0.05) is 6.07 Å². The molecule has 2 rings (SSSR count). The molecule has 3 nitrogen and oxygen atoms in total. The molecule has 0 saturated carbocycles. The summed E-state index contributed by atoms with van der Waals surface area (Å²) in [6, 6.07) is 6.32. The molecule has 0 atom stereocenters. The maximum absolute atomic E-state index is 5.45. The van der Waals surface area contributed by atoms with E-state index in [9.17, 15) is 0 Å². The highest BCUT2D eigenvalue weighted by Crippen LogP contribution is 2.16. The van der Waals surface area contributed by atoms with E-state index in [1.54, 1.807) is 17.6 Å². The van der Waals surface area contributed by atoms with Gasteiger partial charge in [0, 0.05) is 23.5 Å². The molecule has 92 valence electrons. The summed E-state index contributed by atoms with van der Waals surface area (Å²) in [5.41, 5.74) is 1.26. The minimum Gasteiger partial charge on any atom is -0.468 e. The maximum Gasteiger partial charge on any atom is 0.122 e. The zero-order chi connectivity index (χ0) is 12.1. The van der Waals surface area contributed by atoms with Crippen LogP contribution in [0.2, 0.25) is 0 Å². The zero-order valence-corrected chi connectivity index (χ0v) is 11.1. The van der Waals surface area contributed by atoms with Gasteiger partial charge >= 0.3 is 0 Å². The van der Waals surface area contributed by atoms with Gasteiger partial charge in [-0.25, -0.2) is 0 Å². The molecule has 0 unspecified atom stereocenters. The van der Waals surface area contributed by atoms with Crippen molar-refractivity contribution < 1.29 is 4.42 Å². The second-order valence-electron chi connectivity index (χ2n) is 4.15. The molecular weight excluding hydrogens is 232 g/mol. The van der Waals surface area contributed by atoms with Crippen LogP contribution in [0.4, 0.5) is 0 Å². The van der Waals surface area contributed by atoms with E-state index in [0.29, 0.717) is 0 Å². The topological polar surface area (TPSA) is 28.4 Å². The average molecular weight is 250 g/mol. The number of hydrogen-bond donors (Lipinski definition) is 1. The molecule has 0 fully saturated rings. The van der Waals surface area contributed by atoms with Gasteiger partial charge in [-0.3, -0.25) is 4.90 Å². The van der Waals surface area contributed by atoms with Crippen LogP contribution in [-0.4, -0.2) is 19.0 Å². The zero-order valence-electron chi connectivity index (χ0n) is 10.3. The number of thiophene rings is 1. The molecule has 0 bridgehead atoms. The summed E-state index contributed by atoms with van der Waals surface area (Å²) in [6.07, 6.45) is 1.76. The van der Waals surface area contributed by atoms with Crippen molar-refractivity contribution in [1.82, 2.24) is 10.2 Å². The summed E-state index contributed by atoms with van der Waals surface area (Å²) in [7, 11) is 4.07. The Morgan fingerprint density at radius 3 is 2.94 bits per heavy atom. The van der Waals surface area contributed by atoms with E-state index in [1.807, 2.05) is 7.05 Å². The predicted octanol–water partition coefficient (Wildman–Crippen LogP) is 2.69. The van der Waals surface area contributed by atoms with E-state index in [0.717, 1.165) is 25.4 Å². The monoisotopic (exact) mass is 250 g/mol. The lowest BCUT2D eigenvalue weighted by molar-refractivity contribution is 0.317. The molecule has 0 spiro atoms. The Morgan fingerprint density at radius 2 is 2.24 bits per heavy atom. The summed E-state index contributed by atoms with van der Waals surface area (Å²) in [6.45, 7) is 2.70. The molecule has 0 radical (unpaired) electrons. The van der Waals surface area contributed by atoms with Crippen LogP contribution in [-0.2, 0) is 19.6 Å². The van der Waals surface area contributed by atoms with Gasteiger partial charge < -0.3 is 9.73 Å². The van der Waals surface area contributed by atoms with Gasteiger partial charge in [0.2, 0.25) is 0 Å².